The third-order valence-corrected chi connectivity index (χ3v) is 14.9. The lowest BCUT2D eigenvalue weighted by molar-refractivity contribution is -0.121. The SMILES string of the molecule is CC.CCCCCCCCCCCCCCCC(=O)NCCCCCCOP(=O)(O)OCC1OC(N2CNc3c2[nH]c(N)nc3=S)C(O)C1OP(OC)OCC(OC)C(O)C(O)n1cnc2c(=S)nc(N)[nH]c21. The van der Waals surface area contributed by atoms with E-state index < -0.39 is 72.6 Å². The van der Waals surface area contributed by atoms with E-state index in [1.54, 1.807) is 4.90 Å². The number of fused-ring (bicyclic) bond motifs is 2. The first kappa shape index (κ1) is 62.5. The Balaban J connectivity index is 0.00000570. The van der Waals surface area contributed by atoms with Gasteiger partial charge in [0, 0.05) is 27.2 Å². The Bertz CT molecular complexity index is 2250. The van der Waals surface area contributed by atoms with Gasteiger partial charge in [0.05, 0.1) is 32.8 Å². The molecule has 2 aliphatic heterocycles. The predicted molar refractivity (Wildman–Crippen MR) is 284 cm³/mol. The number of aliphatic hydroxyl groups excluding tert-OH is 3. The van der Waals surface area contributed by atoms with Gasteiger partial charge in [-0.15, -0.1) is 0 Å². The summed E-state index contributed by atoms with van der Waals surface area (Å²) < 4.78 is 54.5. The predicted octanol–water partition coefficient (Wildman–Crippen LogP) is 7.54. The molecule has 0 aromatic carbocycles. The van der Waals surface area contributed by atoms with Gasteiger partial charge in [0.2, 0.25) is 5.91 Å². The molecule has 3 aromatic heterocycles. The quantitative estimate of drug-likeness (QED) is 0.0153. The summed E-state index contributed by atoms with van der Waals surface area (Å²) in [6, 6.07) is 0. The highest BCUT2D eigenvalue weighted by Crippen LogP contribution is 2.48. The number of nitrogens with zero attached hydrogens (tertiary/aromatic N) is 5. The van der Waals surface area contributed by atoms with Crippen LogP contribution in [0.5, 0.6) is 0 Å². The Kier molecular flexibility index (Phi) is 28.4. The molecule has 0 radical (unpaired) electrons. The number of hydrogen-bond donors (Lipinski definition) is 10. The van der Waals surface area contributed by atoms with Crippen LogP contribution in [0, 0.1) is 9.28 Å². The van der Waals surface area contributed by atoms with Gasteiger partial charge < -0.3 is 80.2 Å². The van der Waals surface area contributed by atoms with Crippen LogP contribution in [0.15, 0.2) is 6.33 Å². The van der Waals surface area contributed by atoms with Crippen molar-refractivity contribution in [3.63, 3.8) is 0 Å². The summed E-state index contributed by atoms with van der Waals surface area (Å²) in [6.45, 7) is 5.87. The number of aromatic nitrogens is 6. The van der Waals surface area contributed by atoms with Gasteiger partial charge in [-0.25, -0.2) is 19.5 Å². The first-order valence-corrected chi connectivity index (χ1v) is 29.0. The van der Waals surface area contributed by atoms with Crippen molar-refractivity contribution in [1.82, 2.24) is 34.8 Å². The van der Waals surface area contributed by atoms with Crippen molar-refractivity contribution in [2.24, 2.45) is 0 Å². The molecule has 24 nitrogen and oxygen atoms in total. The molecule has 0 spiro atoms. The van der Waals surface area contributed by atoms with E-state index in [0.29, 0.717) is 37.3 Å². The molecule has 9 atom stereocenters. The van der Waals surface area contributed by atoms with Crippen molar-refractivity contribution in [2.75, 3.05) is 68.9 Å². The van der Waals surface area contributed by atoms with Gasteiger partial charge in [0.25, 0.3) is 0 Å². The summed E-state index contributed by atoms with van der Waals surface area (Å²) in [4.78, 5) is 42.4. The van der Waals surface area contributed by atoms with E-state index in [0.717, 1.165) is 25.7 Å². The lowest BCUT2D eigenvalue weighted by Crippen LogP contribution is -2.45. The fraction of sp³-hybridized carbons (Fsp3) is 0.778. The number of carbonyl (C=O) groups excluding carboxylic acids is 1. The van der Waals surface area contributed by atoms with Crippen LogP contribution in [0.2, 0.25) is 0 Å². The van der Waals surface area contributed by atoms with E-state index >= 15 is 0 Å². The van der Waals surface area contributed by atoms with Crippen molar-refractivity contribution in [3.8, 4) is 0 Å². The molecule has 5 rings (SSSR count). The molecule has 0 bridgehead atoms. The number of imidazole rings is 1. The minimum atomic E-state index is -4.64. The van der Waals surface area contributed by atoms with Crippen molar-refractivity contribution >= 4 is 81.3 Å². The average molecular weight is 1110 g/mol. The summed E-state index contributed by atoms with van der Waals surface area (Å²) in [5.74, 6) is 0.437. The van der Waals surface area contributed by atoms with Crippen molar-refractivity contribution in [1.29, 1.82) is 0 Å². The first-order valence-electron chi connectivity index (χ1n) is 25.6. The van der Waals surface area contributed by atoms with E-state index in [4.69, 9.17) is 68.0 Å². The van der Waals surface area contributed by atoms with E-state index in [1.807, 2.05) is 13.8 Å². The number of anilines is 4. The van der Waals surface area contributed by atoms with Gasteiger partial charge >= 0.3 is 16.4 Å². The molecular formula is C45H81N11O13P2S2. The highest BCUT2D eigenvalue weighted by atomic mass is 32.1. The van der Waals surface area contributed by atoms with Gasteiger partial charge in [-0.1, -0.05) is 135 Å². The number of phosphoric ester groups is 1. The van der Waals surface area contributed by atoms with Gasteiger partial charge in [-0.05, 0) is 19.3 Å². The Labute approximate surface area is 440 Å². The number of methoxy groups -OCH3 is 1. The topological polar surface area (TPSA) is 334 Å². The molecule has 0 saturated carbocycles. The third kappa shape index (κ3) is 19.8. The number of amides is 1. The number of unbranched alkanes of at least 4 members (excludes halogenated alkanes) is 15. The molecule has 12 N–H and O–H groups in total. The molecule has 1 saturated heterocycles. The number of rotatable bonds is 36. The molecule has 1 fully saturated rings. The molecule has 1 amide bonds. The largest absolute Gasteiger partial charge is 0.472 e. The number of nitrogens with one attached hydrogen (secondary N) is 4. The molecule has 416 valence electrons. The maximum atomic E-state index is 13.1. The normalized spacial score (nSPS) is 19.9. The van der Waals surface area contributed by atoms with E-state index in [9.17, 15) is 29.6 Å². The molecule has 3 aromatic rings. The maximum Gasteiger partial charge on any atom is 0.472 e. The number of nitrogen functional groups attached to an aromatic ring is 2. The van der Waals surface area contributed by atoms with Crippen LogP contribution < -0.4 is 27.0 Å². The van der Waals surface area contributed by atoms with Crippen molar-refractivity contribution in [3.05, 3.63) is 15.6 Å². The number of carbonyl (C=O) groups is 1. The third-order valence-electron chi connectivity index (χ3n) is 12.2. The van der Waals surface area contributed by atoms with Gasteiger partial charge in [-0.3, -0.25) is 18.4 Å². The fourth-order valence-corrected chi connectivity index (χ4v) is 10.6. The second-order valence-electron chi connectivity index (χ2n) is 17.6. The molecule has 28 heteroatoms. The number of ether oxygens (including phenoxy) is 2. The summed E-state index contributed by atoms with van der Waals surface area (Å²) in [6.07, 6.45) is 11.3. The number of phosphoric acid groups is 1. The minimum absolute atomic E-state index is 0.0186. The maximum absolute atomic E-state index is 13.1. The van der Waals surface area contributed by atoms with Crippen LogP contribution in [0.3, 0.4) is 0 Å². The zero-order valence-corrected chi connectivity index (χ0v) is 46.4. The number of aliphatic hydroxyl groups is 3. The lowest BCUT2D eigenvalue weighted by atomic mass is 10.0. The van der Waals surface area contributed by atoms with E-state index in [-0.39, 0.29) is 51.5 Å². The molecular weight excluding hydrogens is 1030 g/mol. The number of aromatic amines is 2. The number of hydrogen-bond acceptors (Lipinski definition) is 21. The summed E-state index contributed by atoms with van der Waals surface area (Å²) in [5.41, 5.74) is 12.7. The first-order chi connectivity index (χ1) is 35.2. The molecule has 0 aliphatic carbocycles. The molecule has 73 heavy (non-hydrogen) atoms. The zero-order chi connectivity index (χ0) is 53.3. The Morgan fingerprint density at radius 2 is 1.55 bits per heavy atom. The van der Waals surface area contributed by atoms with Gasteiger partial charge in [-0.2, -0.15) is 0 Å². The molecule has 5 heterocycles. The van der Waals surface area contributed by atoms with E-state index in [2.05, 4.69) is 42.5 Å². The van der Waals surface area contributed by atoms with Gasteiger partial charge in [0.15, 0.2) is 33.6 Å². The summed E-state index contributed by atoms with van der Waals surface area (Å²) in [7, 11) is -4.42. The smallest absolute Gasteiger partial charge is 0.386 e. The lowest BCUT2D eigenvalue weighted by Gasteiger charge is -2.29. The Morgan fingerprint density at radius 3 is 2.21 bits per heavy atom. The van der Waals surface area contributed by atoms with Crippen molar-refractivity contribution in [2.45, 2.75) is 179 Å². The number of nitrogens with two attached hydrogens (primary N) is 2. The number of H-pyrrole nitrogens is 2. The monoisotopic (exact) mass is 1110 g/mol. The van der Waals surface area contributed by atoms with Crippen LogP contribution >= 0.6 is 40.9 Å². The Morgan fingerprint density at radius 1 is 0.932 bits per heavy atom. The summed E-state index contributed by atoms with van der Waals surface area (Å²) in [5, 5.41) is 40.2. The van der Waals surface area contributed by atoms with Crippen LogP contribution in [0.1, 0.15) is 143 Å². The zero-order valence-electron chi connectivity index (χ0n) is 42.9. The van der Waals surface area contributed by atoms with Crippen LogP contribution in [-0.2, 0) is 41.5 Å². The highest BCUT2D eigenvalue weighted by Gasteiger charge is 2.51. The standard InChI is InChI=1S/C43H75N11O13P2S2.C2H6/c1-4-5-6-7-8-9-10-11-12-13-14-15-18-21-30(55)46-22-19-16-17-20-23-64-69(59,60)65-25-29-35(34(57)41(66-29)54-27-48-32-37(54)50-43(45)52-39(32)71)67-68(62-3)63-24-28(61-2)33(56)40(58)53-26-47-31-36(53)49-42(44)51-38(31)70;1-2/h26,28-29,33-35,40-41,48,56-58H,4-25,27H2,1-3H3,(H,46,55)(H,59,60)(H3,44,49,51,70)(H3,45,50,52,71);1-2H3. The van der Waals surface area contributed by atoms with E-state index in [1.165, 1.54) is 95.7 Å². The second-order valence-corrected chi connectivity index (χ2v) is 21.1. The minimum Gasteiger partial charge on any atom is -0.386 e. The molecule has 9 unspecified atom stereocenters. The average Bonchev–Trinajstić information content (AvgIpc) is 4.08. The van der Waals surface area contributed by atoms with Crippen LogP contribution in [-0.4, -0.2) is 140 Å². The summed E-state index contributed by atoms with van der Waals surface area (Å²) >= 11 is 10.6. The highest BCUT2D eigenvalue weighted by molar-refractivity contribution is 7.71. The van der Waals surface area contributed by atoms with Gasteiger partial charge in [0.1, 0.15) is 53.2 Å². The van der Waals surface area contributed by atoms with Crippen molar-refractivity contribution < 1.29 is 61.7 Å². The van der Waals surface area contributed by atoms with Crippen LogP contribution in [0.25, 0.3) is 11.2 Å². The van der Waals surface area contributed by atoms with Crippen LogP contribution in [0.4, 0.5) is 23.4 Å². The fourth-order valence-electron chi connectivity index (χ4n) is 8.32. The Hall–Kier alpha value is -3.04. The second kappa shape index (κ2) is 33.2. The molecule has 2 aliphatic rings.